The lowest BCUT2D eigenvalue weighted by molar-refractivity contribution is -0.123. The van der Waals surface area contributed by atoms with Gasteiger partial charge in [-0.25, -0.2) is 9.67 Å². The van der Waals surface area contributed by atoms with Crippen molar-refractivity contribution in [1.29, 1.82) is 0 Å². The quantitative estimate of drug-likeness (QED) is 0.879. The van der Waals surface area contributed by atoms with Crippen molar-refractivity contribution >= 4 is 18.3 Å². The van der Waals surface area contributed by atoms with E-state index in [1.165, 1.54) is 0 Å². The number of halogens is 1. The third kappa shape index (κ3) is 4.04. The van der Waals surface area contributed by atoms with Gasteiger partial charge in [-0.1, -0.05) is 20.3 Å². The van der Waals surface area contributed by atoms with Crippen LogP contribution >= 0.6 is 12.4 Å². The van der Waals surface area contributed by atoms with E-state index < -0.39 is 0 Å². The second-order valence-corrected chi connectivity index (χ2v) is 7.03. The summed E-state index contributed by atoms with van der Waals surface area (Å²) in [4.78, 5) is 17.0. The highest BCUT2D eigenvalue weighted by Crippen LogP contribution is 2.28. The van der Waals surface area contributed by atoms with Crippen molar-refractivity contribution in [2.75, 3.05) is 0 Å². The van der Waals surface area contributed by atoms with E-state index in [1.807, 2.05) is 4.68 Å². The van der Waals surface area contributed by atoms with Crippen LogP contribution in [0.1, 0.15) is 76.0 Å². The van der Waals surface area contributed by atoms with Gasteiger partial charge in [-0.15, -0.1) is 12.4 Å². The lowest BCUT2D eigenvalue weighted by Gasteiger charge is -2.24. The topological polar surface area (TPSA) is 85.8 Å². The van der Waals surface area contributed by atoms with Crippen molar-refractivity contribution in [3.05, 3.63) is 11.6 Å². The number of carbonyl (C=O) groups is 1. The van der Waals surface area contributed by atoms with Crippen LogP contribution in [-0.2, 0) is 11.3 Å². The van der Waals surface area contributed by atoms with Gasteiger partial charge in [0.2, 0.25) is 5.91 Å². The molecule has 0 radical (unpaired) electrons. The number of hydrogen-bond donors (Lipinski definition) is 2. The van der Waals surface area contributed by atoms with E-state index in [1.54, 1.807) is 0 Å². The highest BCUT2D eigenvalue weighted by atomic mass is 35.5. The number of nitrogens with two attached hydrogens (primary N) is 1. The second-order valence-electron chi connectivity index (χ2n) is 7.03. The molecule has 0 saturated heterocycles. The van der Waals surface area contributed by atoms with Gasteiger partial charge in [-0.3, -0.25) is 4.79 Å². The molecule has 23 heavy (non-hydrogen) atoms. The summed E-state index contributed by atoms with van der Waals surface area (Å²) in [5, 5.41) is 7.71. The van der Waals surface area contributed by atoms with E-state index in [9.17, 15) is 4.79 Å². The first kappa shape index (κ1) is 18.2. The van der Waals surface area contributed by atoms with Crippen LogP contribution in [0, 0.1) is 5.92 Å². The first-order chi connectivity index (χ1) is 10.5. The number of hydrogen-bond acceptors (Lipinski definition) is 4. The van der Waals surface area contributed by atoms with E-state index in [0.717, 1.165) is 50.3 Å². The average molecular weight is 342 g/mol. The lowest BCUT2D eigenvalue weighted by atomic mass is 9.99. The molecule has 3 rings (SSSR count). The Morgan fingerprint density at radius 2 is 2.13 bits per heavy atom. The Balaban J connectivity index is 0.00000192. The number of rotatable bonds is 4. The number of nitrogens with one attached hydrogen (secondary N) is 1. The van der Waals surface area contributed by atoms with Crippen LogP contribution in [0.5, 0.6) is 0 Å². The third-order valence-corrected chi connectivity index (χ3v) is 4.91. The van der Waals surface area contributed by atoms with Crippen molar-refractivity contribution in [2.24, 2.45) is 11.7 Å². The smallest absolute Gasteiger partial charge is 0.220 e. The van der Waals surface area contributed by atoms with Gasteiger partial charge in [-0.05, 0) is 31.6 Å². The zero-order valence-corrected chi connectivity index (χ0v) is 14.8. The number of fused-ring (bicyclic) bond motifs is 1. The molecule has 2 heterocycles. The van der Waals surface area contributed by atoms with Crippen LogP contribution in [0.25, 0.3) is 0 Å². The fraction of sp³-hybridized carbons (Fsp3) is 0.812. The summed E-state index contributed by atoms with van der Waals surface area (Å²) in [6.45, 7) is 5.09. The van der Waals surface area contributed by atoms with Gasteiger partial charge in [0.05, 0.1) is 6.04 Å². The van der Waals surface area contributed by atoms with Gasteiger partial charge in [0.15, 0.2) is 5.82 Å². The molecule has 1 unspecified atom stereocenters. The molecule has 1 aliphatic carbocycles. The normalized spacial score (nSPS) is 26.7. The average Bonchev–Trinajstić information content (AvgIpc) is 3.06. The molecule has 1 fully saturated rings. The van der Waals surface area contributed by atoms with Gasteiger partial charge in [-0.2, -0.15) is 5.10 Å². The Morgan fingerprint density at radius 3 is 2.78 bits per heavy atom. The van der Waals surface area contributed by atoms with Crippen molar-refractivity contribution in [2.45, 2.75) is 76.9 Å². The monoisotopic (exact) mass is 341 g/mol. The maximum Gasteiger partial charge on any atom is 0.220 e. The minimum Gasteiger partial charge on any atom is -0.346 e. The molecule has 1 aliphatic heterocycles. The molecule has 130 valence electrons. The van der Waals surface area contributed by atoms with Crippen LogP contribution in [0.3, 0.4) is 0 Å². The van der Waals surface area contributed by atoms with Crippen LogP contribution in [-0.4, -0.2) is 26.7 Å². The Kier molecular flexibility index (Phi) is 6.03. The standard InChI is InChI=1S/C16H27N5O.ClH/c1-10(2)15-19-16-13(7-4-8-21(16)20-15)18-14(22)9-11-5-3-6-12(11)17;/h10-13H,3-9,17H2,1-2H3,(H,18,22);1H/t11-,12+,13?;/m0./s1. The molecule has 1 aromatic heterocycles. The SMILES string of the molecule is CC(C)c1nc2n(n1)CCCC2NC(=O)C[C@@H]1CCC[C@H]1N.Cl. The highest BCUT2D eigenvalue weighted by molar-refractivity contribution is 5.85. The predicted octanol–water partition coefficient (Wildman–Crippen LogP) is 2.29. The summed E-state index contributed by atoms with van der Waals surface area (Å²) in [6.07, 6.45) is 5.79. The number of nitrogens with zero attached hydrogens (tertiary/aromatic N) is 3. The van der Waals surface area contributed by atoms with Crippen LogP contribution in [0.4, 0.5) is 0 Å². The molecule has 0 spiro atoms. The van der Waals surface area contributed by atoms with Crippen molar-refractivity contribution in [3.8, 4) is 0 Å². The van der Waals surface area contributed by atoms with Gasteiger partial charge < -0.3 is 11.1 Å². The fourth-order valence-electron chi connectivity index (χ4n) is 3.56. The van der Waals surface area contributed by atoms with Gasteiger partial charge in [0, 0.05) is 24.9 Å². The van der Waals surface area contributed by atoms with E-state index in [2.05, 4.69) is 29.2 Å². The minimum atomic E-state index is -0.00104. The summed E-state index contributed by atoms with van der Waals surface area (Å²) >= 11 is 0. The number of aromatic nitrogens is 3. The molecule has 3 atom stereocenters. The molecule has 3 N–H and O–H groups in total. The number of carbonyl (C=O) groups excluding carboxylic acids is 1. The van der Waals surface area contributed by atoms with E-state index in [-0.39, 0.29) is 30.4 Å². The first-order valence-corrected chi connectivity index (χ1v) is 8.54. The van der Waals surface area contributed by atoms with Crippen molar-refractivity contribution in [3.63, 3.8) is 0 Å². The van der Waals surface area contributed by atoms with E-state index in [4.69, 9.17) is 5.73 Å². The minimum absolute atomic E-state index is 0. The summed E-state index contributed by atoms with van der Waals surface area (Å²) in [5.41, 5.74) is 6.07. The van der Waals surface area contributed by atoms with Crippen LogP contribution < -0.4 is 11.1 Å². The van der Waals surface area contributed by atoms with Crippen LogP contribution in [0.2, 0.25) is 0 Å². The molecular weight excluding hydrogens is 314 g/mol. The zero-order valence-electron chi connectivity index (χ0n) is 14.0. The molecule has 6 nitrogen and oxygen atoms in total. The van der Waals surface area contributed by atoms with Crippen LogP contribution in [0.15, 0.2) is 0 Å². The molecule has 0 bridgehead atoms. The Bertz CT molecular complexity index is 545. The van der Waals surface area contributed by atoms with Gasteiger partial charge in [0.25, 0.3) is 0 Å². The second kappa shape index (κ2) is 7.62. The Morgan fingerprint density at radius 1 is 1.35 bits per heavy atom. The fourth-order valence-corrected chi connectivity index (χ4v) is 3.56. The molecule has 0 aromatic carbocycles. The molecule has 2 aliphatic rings. The first-order valence-electron chi connectivity index (χ1n) is 8.54. The number of aryl methyl sites for hydroxylation is 1. The maximum atomic E-state index is 12.3. The summed E-state index contributed by atoms with van der Waals surface area (Å²) in [7, 11) is 0. The highest BCUT2D eigenvalue weighted by Gasteiger charge is 2.29. The van der Waals surface area contributed by atoms with Gasteiger partial charge in [0.1, 0.15) is 5.82 Å². The molecular formula is C16H28ClN5O. The summed E-state index contributed by atoms with van der Waals surface area (Å²) in [5.74, 6) is 2.54. The Labute approximate surface area is 144 Å². The van der Waals surface area contributed by atoms with Crippen molar-refractivity contribution in [1.82, 2.24) is 20.1 Å². The zero-order chi connectivity index (χ0) is 15.7. The van der Waals surface area contributed by atoms with E-state index in [0.29, 0.717) is 18.3 Å². The third-order valence-electron chi connectivity index (χ3n) is 4.91. The summed E-state index contributed by atoms with van der Waals surface area (Å²) in [6, 6.07) is 0.187. The van der Waals surface area contributed by atoms with E-state index >= 15 is 0 Å². The number of amides is 1. The van der Waals surface area contributed by atoms with Gasteiger partial charge >= 0.3 is 0 Å². The molecule has 7 heteroatoms. The predicted molar refractivity (Wildman–Crippen MR) is 91.4 cm³/mol. The lowest BCUT2D eigenvalue weighted by Crippen LogP contribution is -2.36. The Hall–Kier alpha value is -1.14. The summed E-state index contributed by atoms with van der Waals surface area (Å²) < 4.78 is 1.96. The molecule has 1 aromatic rings. The molecule has 1 saturated carbocycles. The molecule has 1 amide bonds. The largest absolute Gasteiger partial charge is 0.346 e. The maximum absolute atomic E-state index is 12.3. The van der Waals surface area contributed by atoms with Crippen molar-refractivity contribution < 1.29 is 4.79 Å².